The molecule has 0 bridgehead atoms. The Morgan fingerprint density at radius 3 is 2.04 bits per heavy atom. The molecule has 5 nitrogen and oxygen atoms in total. The van der Waals surface area contributed by atoms with Gasteiger partial charge < -0.3 is 4.90 Å². The Hall–Kier alpha value is -0.950. The Labute approximate surface area is 147 Å². The van der Waals surface area contributed by atoms with Gasteiger partial charge in [-0.2, -0.15) is 0 Å². The van der Waals surface area contributed by atoms with Gasteiger partial charge in [0.05, 0.1) is 4.90 Å². The zero-order valence-corrected chi connectivity index (χ0v) is 16.6. The molecule has 0 aromatic heterocycles. The molecule has 1 aromatic rings. The molecular formula is C18H31N3O2S. The summed E-state index contributed by atoms with van der Waals surface area (Å²) in [4.78, 5) is 5.10. The normalized spacial score (nSPS) is 18.8. The lowest BCUT2D eigenvalue weighted by atomic mass is 10.0. The average Bonchev–Trinajstić information content (AvgIpc) is 2.51. The maximum atomic E-state index is 12.9. The van der Waals surface area contributed by atoms with Crippen molar-refractivity contribution >= 4 is 10.0 Å². The van der Waals surface area contributed by atoms with Gasteiger partial charge in [-0.05, 0) is 63.9 Å². The second-order valence-electron chi connectivity index (χ2n) is 7.13. The Morgan fingerprint density at radius 2 is 1.54 bits per heavy atom. The van der Waals surface area contributed by atoms with Gasteiger partial charge in [-0.1, -0.05) is 6.07 Å². The van der Waals surface area contributed by atoms with Gasteiger partial charge >= 0.3 is 0 Å². The average molecular weight is 354 g/mol. The van der Waals surface area contributed by atoms with Gasteiger partial charge in [0.25, 0.3) is 0 Å². The molecule has 0 amide bonds. The number of hydrogen-bond donors (Lipinski definition) is 1. The topological polar surface area (TPSA) is 52.7 Å². The molecule has 1 saturated heterocycles. The van der Waals surface area contributed by atoms with Gasteiger partial charge in [0, 0.05) is 38.8 Å². The van der Waals surface area contributed by atoms with Crippen molar-refractivity contribution < 1.29 is 8.42 Å². The third-order valence-corrected chi connectivity index (χ3v) is 6.99. The van der Waals surface area contributed by atoms with Crippen LogP contribution in [-0.4, -0.2) is 64.0 Å². The first kappa shape index (κ1) is 19.4. The summed E-state index contributed by atoms with van der Waals surface area (Å²) in [5.74, 6) is 0. The number of nitrogens with zero attached hydrogens (tertiary/aromatic N) is 2. The van der Waals surface area contributed by atoms with E-state index in [0.29, 0.717) is 11.4 Å². The minimum atomic E-state index is -3.50. The Morgan fingerprint density at radius 1 is 1.04 bits per heavy atom. The fourth-order valence-corrected chi connectivity index (χ4v) is 5.01. The quantitative estimate of drug-likeness (QED) is 0.877. The van der Waals surface area contributed by atoms with Crippen molar-refractivity contribution in [2.24, 2.45) is 0 Å². The molecule has 6 heteroatoms. The summed E-state index contributed by atoms with van der Waals surface area (Å²) < 4.78 is 28.6. The van der Waals surface area contributed by atoms with Gasteiger partial charge in [-0.25, -0.2) is 13.1 Å². The van der Waals surface area contributed by atoms with Crippen LogP contribution >= 0.6 is 0 Å². The summed E-state index contributed by atoms with van der Waals surface area (Å²) in [7, 11) is -1.38. The maximum absolute atomic E-state index is 12.9. The third kappa shape index (κ3) is 4.17. The van der Waals surface area contributed by atoms with Crippen molar-refractivity contribution in [3.8, 4) is 0 Å². The summed E-state index contributed by atoms with van der Waals surface area (Å²) in [5.41, 5.74) is 3.73. The van der Waals surface area contributed by atoms with E-state index in [2.05, 4.69) is 34.6 Å². The molecule has 1 aliphatic heterocycles. The molecule has 24 heavy (non-hydrogen) atoms. The smallest absolute Gasteiger partial charge is 0.241 e. The zero-order chi connectivity index (χ0) is 18.1. The van der Waals surface area contributed by atoms with Crippen molar-refractivity contribution in [2.75, 3.05) is 39.8 Å². The van der Waals surface area contributed by atoms with Gasteiger partial charge in [0.1, 0.15) is 0 Å². The first-order valence-corrected chi connectivity index (χ1v) is 10.1. The van der Waals surface area contributed by atoms with Crippen molar-refractivity contribution in [3.63, 3.8) is 0 Å². The monoisotopic (exact) mass is 353 g/mol. The van der Waals surface area contributed by atoms with Crippen LogP contribution < -0.4 is 4.72 Å². The molecule has 1 atom stereocenters. The van der Waals surface area contributed by atoms with E-state index in [1.807, 2.05) is 27.7 Å². The number of likely N-dealkylation sites (N-methyl/N-ethyl adjacent to an activating group) is 1. The largest absolute Gasteiger partial charge is 0.304 e. The Balaban J connectivity index is 2.12. The summed E-state index contributed by atoms with van der Waals surface area (Å²) in [6.07, 6.45) is 0. The molecule has 0 saturated carbocycles. The van der Waals surface area contributed by atoms with E-state index in [1.165, 1.54) is 0 Å². The molecule has 0 unspecified atom stereocenters. The highest BCUT2D eigenvalue weighted by atomic mass is 32.2. The van der Waals surface area contributed by atoms with E-state index in [0.717, 1.165) is 48.4 Å². The van der Waals surface area contributed by atoms with Crippen LogP contribution in [-0.2, 0) is 10.0 Å². The lowest BCUT2D eigenvalue weighted by Crippen LogP contribution is -2.51. The highest BCUT2D eigenvalue weighted by molar-refractivity contribution is 7.89. The number of piperazine rings is 1. The molecule has 2 rings (SSSR count). The van der Waals surface area contributed by atoms with Crippen LogP contribution in [0.3, 0.4) is 0 Å². The molecule has 1 N–H and O–H groups in total. The minimum absolute atomic E-state index is 0.194. The highest BCUT2D eigenvalue weighted by Crippen LogP contribution is 2.25. The molecule has 0 spiro atoms. The van der Waals surface area contributed by atoms with E-state index < -0.39 is 10.0 Å². The van der Waals surface area contributed by atoms with Crippen LogP contribution in [0.2, 0.25) is 0 Å². The predicted octanol–water partition coefficient (Wildman–Crippen LogP) is 1.83. The van der Waals surface area contributed by atoms with Gasteiger partial charge in [-0.3, -0.25) is 4.90 Å². The van der Waals surface area contributed by atoms with Gasteiger partial charge in [-0.15, -0.1) is 0 Å². The second kappa shape index (κ2) is 7.52. The minimum Gasteiger partial charge on any atom is -0.304 e. The van der Waals surface area contributed by atoms with Crippen LogP contribution in [0, 0.1) is 27.7 Å². The number of sulfonamides is 1. The SMILES string of the molecule is Cc1cc(C)c(C)c(S(=O)(=O)NC[C@@H](C)N2CCN(C)CC2)c1C. The number of nitrogens with one attached hydrogen (secondary N) is 1. The molecule has 1 heterocycles. The van der Waals surface area contributed by atoms with E-state index in [-0.39, 0.29) is 6.04 Å². The van der Waals surface area contributed by atoms with E-state index in [4.69, 9.17) is 0 Å². The van der Waals surface area contributed by atoms with E-state index >= 15 is 0 Å². The fourth-order valence-electron chi connectivity index (χ4n) is 3.28. The summed E-state index contributed by atoms with van der Waals surface area (Å²) in [5, 5.41) is 0. The van der Waals surface area contributed by atoms with Crippen LogP contribution in [0.5, 0.6) is 0 Å². The molecular weight excluding hydrogens is 322 g/mol. The van der Waals surface area contributed by atoms with Crippen LogP contribution in [0.15, 0.2) is 11.0 Å². The van der Waals surface area contributed by atoms with Crippen molar-refractivity contribution in [2.45, 2.75) is 45.6 Å². The summed E-state index contributed by atoms with van der Waals surface area (Å²) in [6.45, 7) is 14.3. The maximum Gasteiger partial charge on any atom is 0.241 e. The molecule has 0 radical (unpaired) electrons. The fraction of sp³-hybridized carbons (Fsp3) is 0.667. The Bertz CT molecular complexity index is 666. The van der Waals surface area contributed by atoms with Crippen LogP contribution in [0.25, 0.3) is 0 Å². The summed E-state index contributed by atoms with van der Waals surface area (Å²) in [6, 6.07) is 2.25. The Kier molecular flexibility index (Phi) is 6.07. The second-order valence-corrected chi connectivity index (χ2v) is 8.83. The van der Waals surface area contributed by atoms with E-state index in [1.54, 1.807) is 0 Å². The number of benzene rings is 1. The standard InChI is InChI=1S/C18H31N3O2S/c1-13-11-14(2)17(5)18(16(13)4)24(22,23)19-12-15(3)21-9-7-20(6)8-10-21/h11,15,19H,7-10,12H2,1-6H3/t15-/m1/s1. The third-order valence-electron chi connectivity index (χ3n) is 5.30. The number of aryl methyl sites for hydroxylation is 2. The first-order valence-electron chi connectivity index (χ1n) is 8.63. The predicted molar refractivity (Wildman–Crippen MR) is 99.1 cm³/mol. The molecule has 136 valence electrons. The first-order chi connectivity index (χ1) is 11.1. The molecule has 0 aliphatic carbocycles. The molecule has 1 aliphatic rings. The highest BCUT2D eigenvalue weighted by Gasteiger charge is 2.24. The molecule has 1 fully saturated rings. The summed E-state index contributed by atoms with van der Waals surface area (Å²) >= 11 is 0. The zero-order valence-electron chi connectivity index (χ0n) is 15.8. The van der Waals surface area contributed by atoms with Crippen LogP contribution in [0.1, 0.15) is 29.2 Å². The lowest BCUT2D eigenvalue weighted by molar-refractivity contribution is 0.120. The van der Waals surface area contributed by atoms with Crippen molar-refractivity contribution in [1.29, 1.82) is 0 Å². The van der Waals surface area contributed by atoms with Gasteiger partial charge in [0.2, 0.25) is 10.0 Å². The van der Waals surface area contributed by atoms with Crippen molar-refractivity contribution in [1.82, 2.24) is 14.5 Å². The molecule has 1 aromatic carbocycles. The van der Waals surface area contributed by atoms with Crippen LogP contribution in [0.4, 0.5) is 0 Å². The van der Waals surface area contributed by atoms with Crippen molar-refractivity contribution in [3.05, 3.63) is 28.3 Å². The number of hydrogen-bond acceptors (Lipinski definition) is 4. The van der Waals surface area contributed by atoms with E-state index in [9.17, 15) is 8.42 Å². The van der Waals surface area contributed by atoms with Gasteiger partial charge in [0.15, 0.2) is 0 Å². The number of rotatable bonds is 5. The lowest BCUT2D eigenvalue weighted by Gasteiger charge is -2.36.